The van der Waals surface area contributed by atoms with Crippen LogP contribution in [0.15, 0.2) is 11.5 Å². The van der Waals surface area contributed by atoms with Gasteiger partial charge in [-0.25, -0.2) is 0 Å². The van der Waals surface area contributed by atoms with E-state index in [4.69, 9.17) is 0 Å². The van der Waals surface area contributed by atoms with Crippen LogP contribution in [0.5, 0.6) is 0 Å². The molecule has 21 heavy (non-hydrogen) atoms. The normalized spacial score (nSPS) is 12.3. The van der Waals surface area contributed by atoms with Crippen LogP contribution in [0.1, 0.15) is 31.7 Å². The van der Waals surface area contributed by atoms with Crippen molar-refractivity contribution in [2.24, 2.45) is 7.05 Å². The molecule has 1 unspecified atom stereocenters. The standard InChI is InChI=1S/C12H18N6OS2/c1-4-6-9-15-16-11(21-9)14-10(19)8(5-2)20-12-17-13-7-18(12)3/h7-8H,4-6H2,1-3H3,(H,14,16,19). The minimum absolute atomic E-state index is 0.0790. The van der Waals surface area contributed by atoms with Crippen molar-refractivity contribution in [3.63, 3.8) is 0 Å². The Hall–Kier alpha value is -1.48. The molecule has 1 atom stereocenters. The molecule has 0 aromatic carbocycles. The maximum atomic E-state index is 12.3. The summed E-state index contributed by atoms with van der Waals surface area (Å²) in [7, 11) is 1.86. The summed E-state index contributed by atoms with van der Waals surface area (Å²) in [6, 6.07) is 0. The van der Waals surface area contributed by atoms with Gasteiger partial charge in [0.2, 0.25) is 11.0 Å². The number of aromatic nitrogens is 5. The third-order valence-electron chi connectivity index (χ3n) is 2.74. The molecule has 0 saturated heterocycles. The van der Waals surface area contributed by atoms with E-state index < -0.39 is 0 Å². The summed E-state index contributed by atoms with van der Waals surface area (Å²) in [5.74, 6) is -0.0790. The quantitative estimate of drug-likeness (QED) is 0.785. The molecule has 0 aliphatic rings. The number of thioether (sulfide) groups is 1. The van der Waals surface area contributed by atoms with Crippen molar-refractivity contribution in [3.8, 4) is 0 Å². The SMILES string of the molecule is CCCc1nnc(NC(=O)C(CC)Sc2nncn2C)s1. The van der Waals surface area contributed by atoms with Crippen molar-refractivity contribution in [2.75, 3.05) is 5.32 Å². The fourth-order valence-corrected chi connectivity index (χ4v) is 3.37. The molecule has 2 rings (SSSR count). The Morgan fingerprint density at radius 1 is 1.43 bits per heavy atom. The summed E-state index contributed by atoms with van der Waals surface area (Å²) < 4.78 is 1.80. The van der Waals surface area contributed by atoms with Gasteiger partial charge in [0, 0.05) is 13.5 Å². The predicted octanol–water partition coefficient (Wildman–Crippen LogP) is 2.13. The van der Waals surface area contributed by atoms with Crippen LogP contribution < -0.4 is 5.32 Å². The van der Waals surface area contributed by atoms with Crippen molar-refractivity contribution in [1.82, 2.24) is 25.0 Å². The molecule has 0 fully saturated rings. The first kappa shape index (κ1) is 15.9. The molecule has 2 heterocycles. The third-order valence-corrected chi connectivity index (χ3v) is 5.05. The second kappa shape index (κ2) is 7.51. The van der Waals surface area contributed by atoms with Crippen LogP contribution in [0.2, 0.25) is 0 Å². The van der Waals surface area contributed by atoms with E-state index in [1.165, 1.54) is 23.1 Å². The number of nitrogens with one attached hydrogen (secondary N) is 1. The highest BCUT2D eigenvalue weighted by atomic mass is 32.2. The van der Waals surface area contributed by atoms with Crippen LogP contribution in [0, 0.1) is 0 Å². The fourth-order valence-electron chi connectivity index (χ4n) is 1.63. The molecule has 0 aliphatic carbocycles. The molecular formula is C12H18N6OS2. The van der Waals surface area contributed by atoms with E-state index in [0.29, 0.717) is 11.6 Å². The first-order valence-electron chi connectivity index (χ1n) is 6.77. The predicted molar refractivity (Wildman–Crippen MR) is 83.5 cm³/mol. The Labute approximate surface area is 131 Å². The van der Waals surface area contributed by atoms with Crippen LogP contribution in [-0.4, -0.2) is 36.1 Å². The molecule has 2 aromatic rings. The van der Waals surface area contributed by atoms with E-state index in [-0.39, 0.29) is 11.2 Å². The van der Waals surface area contributed by atoms with E-state index in [1.807, 2.05) is 14.0 Å². The van der Waals surface area contributed by atoms with Crippen molar-refractivity contribution in [2.45, 2.75) is 43.5 Å². The van der Waals surface area contributed by atoms with E-state index >= 15 is 0 Å². The number of anilines is 1. The van der Waals surface area contributed by atoms with E-state index in [1.54, 1.807) is 10.9 Å². The highest BCUT2D eigenvalue weighted by Gasteiger charge is 2.21. The van der Waals surface area contributed by atoms with Crippen LogP contribution >= 0.6 is 23.1 Å². The largest absolute Gasteiger partial charge is 0.312 e. The Kier molecular flexibility index (Phi) is 5.68. The first-order chi connectivity index (χ1) is 10.1. The summed E-state index contributed by atoms with van der Waals surface area (Å²) >= 11 is 2.83. The van der Waals surface area contributed by atoms with Gasteiger partial charge in [-0.05, 0) is 12.8 Å². The van der Waals surface area contributed by atoms with Gasteiger partial charge in [-0.1, -0.05) is 36.9 Å². The molecule has 0 spiro atoms. The second-order valence-corrected chi connectivity index (χ2v) is 6.71. The highest BCUT2D eigenvalue weighted by Crippen LogP contribution is 2.25. The number of carbonyl (C=O) groups excluding carboxylic acids is 1. The van der Waals surface area contributed by atoms with Crippen LogP contribution in [-0.2, 0) is 18.3 Å². The molecule has 0 radical (unpaired) electrons. The first-order valence-corrected chi connectivity index (χ1v) is 8.47. The lowest BCUT2D eigenvalue weighted by molar-refractivity contribution is -0.115. The molecule has 0 saturated carbocycles. The van der Waals surface area contributed by atoms with Gasteiger partial charge < -0.3 is 4.57 Å². The number of amides is 1. The number of hydrogen-bond acceptors (Lipinski definition) is 7. The number of hydrogen-bond donors (Lipinski definition) is 1. The van der Waals surface area contributed by atoms with Gasteiger partial charge >= 0.3 is 0 Å². The van der Waals surface area contributed by atoms with Crippen LogP contribution in [0.25, 0.3) is 0 Å². The molecular weight excluding hydrogens is 308 g/mol. The molecule has 0 aliphatic heterocycles. The van der Waals surface area contributed by atoms with E-state index in [2.05, 4.69) is 32.6 Å². The molecule has 9 heteroatoms. The number of nitrogens with zero attached hydrogens (tertiary/aromatic N) is 5. The van der Waals surface area contributed by atoms with E-state index in [0.717, 1.165) is 23.0 Å². The minimum Gasteiger partial charge on any atom is -0.312 e. The van der Waals surface area contributed by atoms with Gasteiger partial charge in [0.05, 0.1) is 5.25 Å². The van der Waals surface area contributed by atoms with Gasteiger partial charge in [0.15, 0.2) is 5.16 Å². The molecule has 1 amide bonds. The van der Waals surface area contributed by atoms with Crippen LogP contribution in [0.4, 0.5) is 5.13 Å². The summed E-state index contributed by atoms with van der Waals surface area (Å²) in [6.45, 7) is 4.06. The molecule has 2 aromatic heterocycles. The summed E-state index contributed by atoms with van der Waals surface area (Å²) in [5, 5.41) is 20.7. The molecule has 114 valence electrons. The number of aryl methyl sites for hydroxylation is 2. The van der Waals surface area contributed by atoms with Gasteiger partial charge in [-0.3, -0.25) is 10.1 Å². The zero-order valence-corrected chi connectivity index (χ0v) is 13.9. The van der Waals surface area contributed by atoms with Crippen LogP contribution in [0.3, 0.4) is 0 Å². The summed E-state index contributed by atoms with van der Waals surface area (Å²) in [4.78, 5) is 12.3. The minimum atomic E-state index is -0.230. The number of carbonyl (C=O) groups is 1. The average molecular weight is 326 g/mol. The zero-order valence-electron chi connectivity index (χ0n) is 12.2. The maximum Gasteiger partial charge on any atom is 0.239 e. The fraction of sp³-hybridized carbons (Fsp3) is 0.583. The van der Waals surface area contributed by atoms with Gasteiger partial charge in [0.25, 0.3) is 0 Å². The maximum absolute atomic E-state index is 12.3. The van der Waals surface area contributed by atoms with E-state index in [9.17, 15) is 4.79 Å². The molecule has 0 bridgehead atoms. The van der Waals surface area contributed by atoms with Gasteiger partial charge in [-0.2, -0.15) is 0 Å². The lowest BCUT2D eigenvalue weighted by Gasteiger charge is -2.12. The number of rotatable bonds is 7. The lowest BCUT2D eigenvalue weighted by atomic mass is 10.3. The zero-order chi connectivity index (χ0) is 15.2. The molecule has 7 nitrogen and oxygen atoms in total. The molecule has 1 N–H and O–H groups in total. The van der Waals surface area contributed by atoms with Crippen molar-refractivity contribution in [3.05, 3.63) is 11.3 Å². The smallest absolute Gasteiger partial charge is 0.239 e. The Morgan fingerprint density at radius 3 is 2.86 bits per heavy atom. The lowest BCUT2D eigenvalue weighted by Crippen LogP contribution is -2.24. The highest BCUT2D eigenvalue weighted by molar-refractivity contribution is 8.00. The topological polar surface area (TPSA) is 85.6 Å². The average Bonchev–Trinajstić information content (AvgIpc) is 3.06. The summed E-state index contributed by atoms with van der Waals surface area (Å²) in [5.41, 5.74) is 0. The Bertz CT molecular complexity index is 596. The third kappa shape index (κ3) is 4.24. The van der Waals surface area contributed by atoms with Crippen molar-refractivity contribution < 1.29 is 4.79 Å². The Morgan fingerprint density at radius 2 is 2.24 bits per heavy atom. The van der Waals surface area contributed by atoms with Crippen molar-refractivity contribution >= 4 is 34.1 Å². The van der Waals surface area contributed by atoms with Gasteiger partial charge in [-0.15, -0.1) is 20.4 Å². The monoisotopic (exact) mass is 326 g/mol. The van der Waals surface area contributed by atoms with Gasteiger partial charge in [0.1, 0.15) is 11.3 Å². The Balaban J connectivity index is 1.97. The second-order valence-electron chi connectivity index (χ2n) is 4.48. The summed E-state index contributed by atoms with van der Waals surface area (Å²) in [6.07, 6.45) is 4.22. The van der Waals surface area contributed by atoms with Crippen molar-refractivity contribution in [1.29, 1.82) is 0 Å².